The first-order valence-corrected chi connectivity index (χ1v) is 12.1. The largest absolute Gasteiger partial charge is 0.351 e. The second-order valence-corrected chi connectivity index (χ2v) is 9.73. The Morgan fingerprint density at radius 3 is 2.67 bits per heavy atom. The van der Waals surface area contributed by atoms with Crippen LogP contribution in [0, 0.1) is 0 Å². The molecule has 162 valence electrons. The van der Waals surface area contributed by atoms with E-state index in [1.54, 1.807) is 0 Å². The Morgan fingerprint density at radius 2 is 1.93 bits per heavy atom. The lowest BCUT2D eigenvalue weighted by Crippen LogP contribution is -2.42. The molecule has 0 saturated carbocycles. The summed E-state index contributed by atoms with van der Waals surface area (Å²) in [4.78, 5) is 14.8. The van der Waals surface area contributed by atoms with Crippen molar-refractivity contribution in [1.29, 1.82) is 0 Å². The van der Waals surface area contributed by atoms with Gasteiger partial charge in [0.1, 0.15) is 4.90 Å². The number of hydrogen-bond acceptors (Lipinski definition) is 4. The zero-order valence-corrected chi connectivity index (χ0v) is 18.7. The number of likely N-dealkylation sites (tertiary alicyclic amines) is 1. The van der Waals surface area contributed by atoms with Gasteiger partial charge in [0.15, 0.2) is 0 Å². The van der Waals surface area contributed by atoms with Gasteiger partial charge in [-0.1, -0.05) is 48.4 Å². The molecule has 0 radical (unpaired) electrons. The molecule has 1 atom stereocenters. The second kappa shape index (κ2) is 10.4. The predicted octanol–water partition coefficient (Wildman–Crippen LogP) is 3.42. The number of piperidine rings is 1. The molecule has 2 N–H and O–H groups in total. The molecule has 30 heavy (non-hydrogen) atoms. The Bertz CT molecular complexity index is 967. The van der Waals surface area contributed by atoms with Crippen molar-refractivity contribution in [1.82, 2.24) is 14.9 Å². The van der Waals surface area contributed by atoms with Gasteiger partial charge in [-0.15, -0.1) is 0 Å². The zero-order valence-electron chi connectivity index (χ0n) is 17.1. The number of carbonyl (C=O) groups excluding carboxylic acids is 1. The zero-order chi connectivity index (χ0) is 21.6. The quantitative estimate of drug-likeness (QED) is 0.647. The highest BCUT2D eigenvalue weighted by atomic mass is 35.5. The number of benzene rings is 2. The minimum Gasteiger partial charge on any atom is -0.351 e. The van der Waals surface area contributed by atoms with Crippen molar-refractivity contribution >= 4 is 27.5 Å². The third kappa shape index (κ3) is 6.04. The summed E-state index contributed by atoms with van der Waals surface area (Å²) in [6.07, 6.45) is 3.62. The van der Waals surface area contributed by atoms with Crippen LogP contribution in [0.5, 0.6) is 0 Å². The number of sulfonamides is 1. The van der Waals surface area contributed by atoms with E-state index in [1.807, 2.05) is 30.3 Å². The van der Waals surface area contributed by atoms with Crippen LogP contribution >= 0.6 is 11.6 Å². The third-order valence-corrected chi connectivity index (χ3v) is 7.30. The van der Waals surface area contributed by atoms with Gasteiger partial charge in [-0.2, -0.15) is 0 Å². The molecule has 0 aliphatic carbocycles. The lowest BCUT2D eigenvalue weighted by atomic mass is 10.0. The monoisotopic (exact) mass is 449 g/mol. The van der Waals surface area contributed by atoms with Gasteiger partial charge in [-0.3, -0.25) is 9.69 Å². The molecule has 0 spiro atoms. The van der Waals surface area contributed by atoms with Gasteiger partial charge in [0.2, 0.25) is 10.0 Å². The summed E-state index contributed by atoms with van der Waals surface area (Å²) >= 11 is 6.13. The molecule has 1 aliphatic rings. The van der Waals surface area contributed by atoms with E-state index in [4.69, 9.17) is 11.6 Å². The van der Waals surface area contributed by atoms with E-state index >= 15 is 0 Å². The normalized spacial score (nSPS) is 17.6. The summed E-state index contributed by atoms with van der Waals surface area (Å²) in [7, 11) is -3.86. The van der Waals surface area contributed by atoms with Gasteiger partial charge in [0.05, 0.1) is 5.02 Å². The van der Waals surface area contributed by atoms with Gasteiger partial charge in [-0.25, -0.2) is 13.1 Å². The molecule has 3 rings (SSSR count). The third-order valence-electron chi connectivity index (χ3n) is 5.42. The van der Waals surface area contributed by atoms with Gasteiger partial charge in [-0.05, 0) is 50.1 Å². The average Bonchev–Trinajstić information content (AvgIpc) is 2.74. The maximum absolute atomic E-state index is 12.7. The van der Waals surface area contributed by atoms with Crippen molar-refractivity contribution in [3.63, 3.8) is 0 Å². The molecule has 0 aromatic heterocycles. The molecule has 8 heteroatoms. The number of carbonyl (C=O) groups is 1. The number of nitrogens with one attached hydrogen (secondary N) is 2. The van der Waals surface area contributed by atoms with Crippen LogP contribution in [0.4, 0.5) is 0 Å². The Labute approximate surface area is 183 Å². The maximum Gasteiger partial charge on any atom is 0.251 e. The fourth-order valence-electron chi connectivity index (χ4n) is 3.61. The summed E-state index contributed by atoms with van der Waals surface area (Å²) in [5.41, 5.74) is 1.10. The van der Waals surface area contributed by atoms with E-state index in [0.29, 0.717) is 12.6 Å². The van der Waals surface area contributed by atoms with Crippen LogP contribution in [0.1, 0.15) is 42.1 Å². The summed E-state index contributed by atoms with van der Waals surface area (Å²) in [6.45, 7) is 4.70. The van der Waals surface area contributed by atoms with E-state index in [-0.39, 0.29) is 27.9 Å². The number of nitrogens with zero attached hydrogens (tertiary/aromatic N) is 1. The van der Waals surface area contributed by atoms with E-state index in [0.717, 1.165) is 18.7 Å². The molecule has 1 unspecified atom stereocenters. The summed E-state index contributed by atoms with van der Waals surface area (Å²) in [5.74, 6) is -0.309. The molecule has 1 heterocycles. The average molecular weight is 450 g/mol. The lowest BCUT2D eigenvalue weighted by molar-refractivity contribution is 0.0938. The standard InChI is InChI=1S/C22H28ClN3O3S/c1-17-7-5-6-13-26(17)14-12-24-22(27)19-10-11-20(23)21(15-19)30(28,29)25-16-18-8-3-2-4-9-18/h2-4,8-11,15,17,25H,5-7,12-14,16H2,1H3,(H,24,27). The van der Waals surface area contributed by atoms with Crippen molar-refractivity contribution in [2.45, 2.75) is 43.7 Å². The van der Waals surface area contributed by atoms with Crippen LogP contribution in [-0.4, -0.2) is 44.9 Å². The smallest absolute Gasteiger partial charge is 0.251 e. The molecule has 1 saturated heterocycles. The lowest BCUT2D eigenvalue weighted by Gasteiger charge is -2.33. The first kappa shape index (κ1) is 22.7. The Balaban J connectivity index is 1.62. The minimum atomic E-state index is -3.86. The number of hydrogen-bond donors (Lipinski definition) is 2. The fraction of sp³-hybridized carbons (Fsp3) is 0.409. The van der Waals surface area contributed by atoms with Crippen LogP contribution < -0.4 is 10.0 Å². The Hall–Kier alpha value is -1.93. The topological polar surface area (TPSA) is 78.5 Å². The minimum absolute atomic E-state index is 0.0780. The summed E-state index contributed by atoms with van der Waals surface area (Å²) in [5, 5.41) is 2.96. The van der Waals surface area contributed by atoms with Gasteiger partial charge in [0.25, 0.3) is 5.91 Å². The van der Waals surface area contributed by atoms with Crippen LogP contribution in [0.25, 0.3) is 0 Å². The van der Waals surface area contributed by atoms with Gasteiger partial charge >= 0.3 is 0 Å². The first-order chi connectivity index (χ1) is 14.4. The van der Waals surface area contributed by atoms with E-state index in [9.17, 15) is 13.2 Å². The van der Waals surface area contributed by atoms with Crippen molar-refractivity contribution in [2.75, 3.05) is 19.6 Å². The summed E-state index contributed by atoms with van der Waals surface area (Å²) < 4.78 is 28.0. The Morgan fingerprint density at radius 1 is 1.17 bits per heavy atom. The highest BCUT2D eigenvalue weighted by Crippen LogP contribution is 2.23. The molecule has 1 aliphatic heterocycles. The van der Waals surface area contributed by atoms with Crippen molar-refractivity contribution in [2.24, 2.45) is 0 Å². The van der Waals surface area contributed by atoms with Crippen molar-refractivity contribution < 1.29 is 13.2 Å². The molecule has 1 fully saturated rings. The highest BCUT2D eigenvalue weighted by molar-refractivity contribution is 7.89. The van der Waals surface area contributed by atoms with Gasteiger partial charge < -0.3 is 5.32 Å². The van der Waals surface area contributed by atoms with Crippen LogP contribution in [-0.2, 0) is 16.6 Å². The number of rotatable bonds is 8. The molecule has 1 amide bonds. The van der Waals surface area contributed by atoms with E-state index in [2.05, 4.69) is 21.9 Å². The van der Waals surface area contributed by atoms with E-state index < -0.39 is 10.0 Å². The first-order valence-electron chi connectivity index (χ1n) is 10.2. The predicted molar refractivity (Wildman–Crippen MR) is 119 cm³/mol. The molecule has 2 aromatic rings. The van der Waals surface area contributed by atoms with Crippen molar-refractivity contribution in [3.8, 4) is 0 Å². The van der Waals surface area contributed by atoms with Crippen molar-refractivity contribution in [3.05, 3.63) is 64.7 Å². The fourth-order valence-corrected chi connectivity index (χ4v) is 5.15. The van der Waals surface area contributed by atoms with Gasteiger partial charge in [0, 0.05) is 31.2 Å². The molecule has 2 aromatic carbocycles. The number of amides is 1. The molecular formula is C22H28ClN3O3S. The summed E-state index contributed by atoms with van der Waals surface area (Å²) in [6, 6.07) is 14.0. The van der Waals surface area contributed by atoms with Crippen LogP contribution in [0.3, 0.4) is 0 Å². The maximum atomic E-state index is 12.7. The Kier molecular flexibility index (Phi) is 7.88. The number of halogens is 1. The highest BCUT2D eigenvalue weighted by Gasteiger charge is 2.21. The molecule has 0 bridgehead atoms. The van der Waals surface area contributed by atoms with E-state index in [1.165, 1.54) is 37.5 Å². The van der Waals surface area contributed by atoms with Crippen LogP contribution in [0.2, 0.25) is 5.02 Å². The second-order valence-electron chi connectivity index (χ2n) is 7.59. The SMILES string of the molecule is CC1CCCCN1CCNC(=O)c1ccc(Cl)c(S(=O)(=O)NCc2ccccc2)c1. The molecule has 6 nitrogen and oxygen atoms in total. The molecular weight excluding hydrogens is 422 g/mol. The van der Waals surface area contributed by atoms with Crippen LogP contribution in [0.15, 0.2) is 53.4 Å².